The van der Waals surface area contributed by atoms with Crippen LogP contribution in [0, 0.1) is 6.92 Å². The summed E-state index contributed by atoms with van der Waals surface area (Å²) in [6.07, 6.45) is 0.340. The zero-order chi connectivity index (χ0) is 36.0. The van der Waals surface area contributed by atoms with Crippen LogP contribution in [0.2, 0.25) is 0 Å². The lowest BCUT2D eigenvalue weighted by molar-refractivity contribution is -0.136. The molecule has 0 radical (unpaired) electrons. The summed E-state index contributed by atoms with van der Waals surface area (Å²) in [5, 5.41) is 17.4. The first-order chi connectivity index (χ1) is 24.5. The molecule has 15 nitrogen and oxygen atoms in total. The predicted octanol–water partition coefficient (Wildman–Crippen LogP) is 3.43. The van der Waals surface area contributed by atoms with E-state index in [0.29, 0.717) is 37.6 Å². The molecule has 0 saturated carbocycles. The Hall–Kier alpha value is -5.78. The van der Waals surface area contributed by atoms with Gasteiger partial charge in [-0.05, 0) is 43.5 Å². The maximum Gasteiger partial charge on any atom is 0.417 e. The Kier molecular flexibility index (Phi) is 8.70. The molecule has 0 spiro atoms. The SMILES string of the molecule is CCc1c(N2CCN(C(=O)c3ncnc(C)c3O)CC2)c(=O)n2nc(C3=CCOCC3)nc2n1CC(=O)Nc1ccc(C(F)(F)F)c2ccoc12. The van der Waals surface area contributed by atoms with E-state index < -0.39 is 29.1 Å². The monoisotopic (exact) mass is 707 g/mol. The van der Waals surface area contributed by atoms with Crippen LogP contribution in [0.3, 0.4) is 0 Å². The van der Waals surface area contributed by atoms with Gasteiger partial charge in [0.15, 0.2) is 22.9 Å². The lowest BCUT2D eigenvalue weighted by Gasteiger charge is -2.36. The highest BCUT2D eigenvalue weighted by molar-refractivity contribution is 6.01. The maximum atomic E-state index is 14.2. The van der Waals surface area contributed by atoms with E-state index in [4.69, 9.17) is 9.15 Å². The van der Waals surface area contributed by atoms with Gasteiger partial charge in [-0.1, -0.05) is 13.0 Å². The zero-order valence-corrected chi connectivity index (χ0v) is 27.5. The maximum absolute atomic E-state index is 14.2. The normalized spacial score (nSPS) is 15.4. The van der Waals surface area contributed by atoms with Crippen LogP contribution in [0.4, 0.5) is 24.5 Å². The van der Waals surface area contributed by atoms with Gasteiger partial charge in [0.1, 0.15) is 18.6 Å². The number of aromatic nitrogens is 6. The van der Waals surface area contributed by atoms with E-state index in [1.807, 2.05) is 17.9 Å². The fourth-order valence-electron chi connectivity index (χ4n) is 6.44. The number of rotatable bonds is 7. The summed E-state index contributed by atoms with van der Waals surface area (Å²) in [6, 6.07) is 3.20. The largest absolute Gasteiger partial charge is 0.504 e. The number of furan rings is 1. The molecule has 2 N–H and O–H groups in total. The van der Waals surface area contributed by atoms with Gasteiger partial charge in [-0.15, -0.1) is 5.10 Å². The van der Waals surface area contributed by atoms with Crippen LogP contribution < -0.4 is 15.8 Å². The smallest absolute Gasteiger partial charge is 0.417 e. The van der Waals surface area contributed by atoms with Crippen molar-refractivity contribution in [3.05, 3.63) is 75.7 Å². The molecule has 266 valence electrons. The first-order valence-corrected chi connectivity index (χ1v) is 16.2. The van der Waals surface area contributed by atoms with Crippen molar-refractivity contribution in [3.8, 4) is 5.75 Å². The molecule has 0 atom stereocenters. The van der Waals surface area contributed by atoms with Crippen LogP contribution in [-0.4, -0.2) is 90.3 Å². The van der Waals surface area contributed by atoms with Crippen LogP contribution in [-0.2, 0) is 28.7 Å². The quantitative estimate of drug-likeness (QED) is 0.254. The molecular formula is C33H32F3N9O6. The zero-order valence-electron chi connectivity index (χ0n) is 27.5. The molecule has 7 rings (SSSR count). The van der Waals surface area contributed by atoms with Crippen molar-refractivity contribution in [2.75, 3.05) is 49.6 Å². The van der Waals surface area contributed by atoms with Crippen molar-refractivity contribution in [2.45, 2.75) is 39.4 Å². The third kappa shape index (κ3) is 6.15. The minimum Gasteiger partial charge on any atom is -0.504 e. The molecule has 2 amide bonds. The molecule has 0 unspecified atom stereocenters. The van der Waals surface area contributed by atoms with Gasteiger partial charge in [-0.25, -0.2) is 9.97 Å². The lowest BCUT2D eigenvalue weighted by Crippen LogP contribution is -2.51. The Labute approximate surface area is 287 Å². The van der Waals surface area contributed by atoms with Crippen molar-refractivity contribution in [1.82, 2.24) is 34.0 Å². The first-order valence-electron chi connectivity index (χ1n) is 16.2. The number of nitrogens with zero attached hydrogens (tertiary/aromatic N) is 8. The third-order valence-corrected chi connectivity index (χ3v) is 9.00. The van der Waals surface area contributed by atoms with Gasteiger partial charge in [0.2, 0.25) is 11.7 Å². The molecular weight excluding hydrogens is 675 g/mol. The van der Waals surface area contributed by atoms with Crippen molar-refractivity contribution >= 4 is 45.5 Å². The summed E-state index contributed by atoms with van der Waals surface area (Å²) >= 11 is 0. The van der Waals surface area contributed by atoms with Crippen LogP contribution >= 0.6 is 0 Å². The number of aryl methyl sites for hydroxylation is 1. The Morgan fingerprint density at radius 2 is 1.88 bits per heavy atom. The Morgan fingerprint density at radius 3 is 2.59 bits per heavy atom. The van der Waals surface area contributed by atoms with Gasteiger partial charge in [-0.2, -0.15) is 22.7 Å². The fourth-order valence-corrected chi connectivity index (χ4v) is 6.44. The number of carbonyl (C=O) groups is 2. The number of hydrogen-bond acceptors (Lipinski definition) is 11. The topological polar surface area (TPSA) is 173 Å². The van der Waals surface area contributed by atoms with E-state index in [1.165, 1.54) is 17.3 Å². The first kappa shape index (κ1) is 33.7. The van der Waals surface area contributed by atoms with Gasteiger partial charge in [0.05, 0.1) is 42.1 Å². The average molecular weight is 708 g/mol. The van der Waals surface area contributed by atoms with E-state index in [1.54, 1.807) is 11.5 Å². The highest BCUT2D eigenvalue weighted by Crippen LogP contribution is 2.38. The number of nitrogens with one attached hydrogen (secondary N) is 1. The summed E-state index contributed by atoms with van der Waals surface area (Å²) in [6.45, 7) is 4.70. The van der Waals surface area contributed by atoms with Crippen molar-refractivity contribution in [2.24, 2.45) is 0 Å². The number of fused-ring (bicyclic) bond motifs is 2. The van der Waals surface area contributed by atoms with Crippen molar-refractivity contribution < 1.29 is 37.0 Å². The molecule has 1 saturated heterocycles. The number of ether oxygens (including phenoxy) is 1. The molecule has 1 fully saturated rings. The van der Waals surface area contributed by atoms with Gasteiger partial charge in [0.25, 0.3) is 11.5 Å². The summed E-state index contributed by atoms with van der Waals surface area (Å²) in [5.41, 5.74) is 0.234. The molecule has 4 aromatic heterocycles. The van der Waals surface area contributed by atoms with E-state index in [-0.39, 0.29) is 78.0 Å². The van der Waals surface area contributed by atoms with Crippen LogP contribution in [0.25, 0.3) is 22.3 Å². The Bertz CT molecular complexity index is 2270. The number of carbonyl (C=O) groups excluding carboxylic acids is 2. The van der Waals surface area contributed by atoms with E-state index >= 15 is 0 Å². The number of alkyl halides is 3. The molecule has 6 heterocycles. The molecule has 5 aromatic rings. The van der Waals surface area contributed by atoms with E-state index in [0.717, 1.165) is 28.5 Å². The van der Waals surface area contributed by atoms with Crippen LogP contribution in [0.5, 0.6) is 5.75 Å². The van der Waals surface area contributed by atoms with E-state index in [9.17, 15) is 32.7 Å². The van der Waals surface area contributed by atoms with Gasteiger partial charge >= 0.3 is 6.18 Å². The molecule has 1 aromatic carbocycles. The van der Waals surface area contributed by atoms with Gasteiger partial charge in [0, 0.05) is 31.6 Å². The van der Waals surface area contributed by atoms with Crippen molar-refractivity contribution in [1.29, 1.82) is 0 Å². The predicted molar refractivity (Wildman–Crippen MR) is 176 cm³/mol. The third-order valence-electron chi connectivity index (χ3n) is 9.00. The number of benzene rings is 1. The second kappa shape index (κ2) is 13.2. The standard InChI is InChI=1S/C33H32F3N9O6/c1-3-23-26(42-9-11-43(12-10-42)30(48)25-27(47)18(2)37-17-38-25)31(49)45-32(40-29(41-45)19-6-13-50-14-7-19)44(23)16-24(46)39-22-5-4-21(33(34,35)36)20-8-15-51-28(20)22/h4-6,8,15,17,47H,3,7,9-14,16H2,1-2H3,(H,39,46). The number of halogens is 3. The highest BCUT2D eigenvalue weighted by atomic mass is 19.4. The highest BCUT2D eigenvalue weighted by Gasteiger charge is 2.34. The molecule has 2 aliphatic rings. The van der Waals surface area contributed by atoms with Gasteiger partial charge in [-0.3, -0.25) is 14.4 Å². The minimum absolute atomic E-state index is 0.0450. The molecule has 0 bridgehead atoms. The number of hydrogen-bond donors (Lipinski definition) is 2. The molecule has 51 heavy (non-hydrogen) atoms. The number of aromatic hydroxyl groups is 1. The Balaban J connectivity index is 1.24. The molecule has 2 aliphatic heterocycles. The lowest BCUT2D eigenvalue weighted by atomic mass is 10.1. The molecule has 18 heteroatoms. The summed E-state index contributed by atoms with van der Waals surface area (Å²) in [5.74, 6) is -0.965. The number of piperazine rings is 1. The Morgan fingerprint density at radius 1 is 1.10 bits per heavy atom. The fraction of sp³-hybridized carbons (Fsp3) is 0.364. The second-order valence-corrected chi connectivity index (χ2v) is 12.0. The number of anilines is 2. The van der Waals surface area contributed by atoms with Crippen LogP contribution in [0.1, 0.15) is 46.6 Å². The van der Waals surface area contributed by atoms with Crippen molar-refractivity contribution in [3.63, 3.8) is 0 Å². The second-order valence-electron chi connectivity index (χ2n) is 12.0. The van der Waals surface area contributed by atoms with Gasteiger partial charge < -0.3 is 33.9 Å². The molecule has 0 aliphatic carbocycles. The van der Waals surface area contributed by atoms with E-state index in [2.05, 4.69) is 25.4 Å². The summed E-state index contributed by atoms with van der Waals surface area (Å²) < 4.78 is 54.3. The summed E-state index contributed by atoms with van der Waals surface area (Å²) in [7, 11) is 0. The van der Waals surface area contributed by atoms with Crippen LogP contribution in [0.15, 0.2) is 46.1 Å². The summed E-state index contributed by atoms with van der Waals surface area (Å²) in [4.78, 5) is 57.0. The number of amides is 2. The average Bonchev–Trinajstić information content (AvgIpc) is 3.80. The minimum atomic E-state index is -4.63.